The predicted molar refractivity (Wildman–Crippen MR) is 114 cm³/mol. The second kappa shape index (κ2) is 9.05. The predicted octanol–water partition coefficient (Wildman–Crippen LogP) is 4.60. The maximum atomic E-state index is 12.9. The first kappa shape index (κ1) is 24.0. The Bertz CT molecular complexity index is 1210. The van der Waals surface area contributed by atoms with Gasteiger partial charge in [-0.25, -0.2) is 9.97 Å². The summed E-state index contributed by atoms with van der Waals surface area (Å²) >= 11 is 5.97. The van der Waals surface area contributed by atoms with Gasteiger partial charge in [0, 0.05) is 23.9 Å². The van der Waals surface area contributed by atoms with Gasteiger partial charge < -0.3 is 15.7 Å². The van der Waals surface area contributed by atoms with Gasteiger partial charge in [0.25, 0.3) is 0 Å². The van der Waals surface area contributed by atoms with E-state index in [4.69, 9.17) is 17.3 Å². The molecule has 0 spiro atoms. The normalized spacial score (nSPS) is 14.8. The summed E-state index contributed by atoms with van der Waals surface area (Å²) in [7, 11) is -3.97. The third kappa shape index (κ3) is 5.97. The second-order valence-electron chi connectivity index (χ2n) is 7.36. The lowest BCUT2D eigenvalue weighted by Gasteiger charge is -2.18. The smallest absolute Gasteiger partial charge is 0.433 e. The van der Waals surface area contributed by atoms with E-state index < -0.39 is 37.3 Å². The van der Waals surface area contributed by atoms with Crippen molar-refractivity contribution in [2.75, 3.05) is 11.9 Å². The van der Waals surface area contributed by atoms with Crippen molar-refractivity contribution in [3.63, 3.8) is 0 Å². The molecule has 170 valence electrons. The van der Waals surface area contributed by atoms with Crippen LogP contribution in [0.15, 0.2) is 42.6 Å². The van der Waals surface area contributed by atoms with E-state index in [0.29, 0.717) is 17.2 Å². The van der Waals surface area contributed by atoms with Crippen molar-refractivity contribution < 1.29 is 32.5 Å². The summed E-state index contributed by atoms with van der Waals surface area (Å²) in [5.74, 6) is -2.11. The van der Waals surface area contributed by atoms with Gasteiger partial charge in [0.2, 0.25) is 7.37 Å². The molecular weight excluding hydrogens is 470 g/mol. The number of nitrogens with zero attached hydrogens (tertiary/aromatic N) is 2. The molecule has 4 N–H and O–H groups in total. The summed E-state index contributed by atoms with van der Waals surface area (Å²) in [4.78, 5) is 29.5. The molecule has 2 unspecified atom stereocenters. The van der Waals surface area contributed by atoms with Crippen LogP contribution in [-0.2, 0) is 28.1 Å². The highest BCUT2D eigenvalue weighted by atomic mass is 35.5. The molecule has 32 heavy (non-hydrogen) atoms. The monoisotopic (exact) mass is 487 g/mol. The van der Waals surface area contributed by atoms with Gasteiger partial charge in [0.15, 0.2) is 0 Å². The quantitative estimate of drug-likeness (QED) is 0.416. The number of fused-ring (bicyclic) bond motifs is 1. The largest absolute Gasteiger partial charge is 0.481 e. The number of carbonyl (C=O) groups is 1. The Kier molecular flexibility index (Phi) is 6.78. The molecule has 0 radical (unpaired) electrons. The van der Waals surface area contributed by atoms with E-state index in [9.17, 15) is 32.5 Å². The number of nitrogens with two attached hydrogens (primary N) is 1. The van der Waals surface area contributed by atoms with Crippen LogP contribution in [0.1, 0.15) is 16.8 Å². The zero-order valence-corrected chi connectivity index (χ0v) is 18.0. The van der Waals surface area contributed by atoms with Gasteiger partial charge >= 0.3 is 12.1 Å². The molecule has 0 saturated carbocycles. The van der Waals surface area contributed by atoms with Crippen LogP contribution in [0.3, 0.4) is 0 Å². The van der Waals surface area contributed by atoms with Crippen molar-refractivity contribution in [1.82, 2.24) is 9.97 Å². The first-order valence-corrected chi connectivity index (χ1v) is 11.7. The Morgan fingerprint density at radius 2 is 1.88 bits per heavy atom. The summed E-state index contributed by atoms with van der Waals surface area (Å²) in [6.07, 6.45) is -4.14. The average molecular weight is 488 g/mol. The molecule has 2 aromatic heterocycles. The van der Waals surface area contributed by atoms with Gasteiger partial charge in [-0.05, 0) is 41.8 Å². The molecular formula is C20H18ClF3N3O4P. The first-order valence-electron chi connectivity index (χ1n) is 9.24. The highest BCUT2D eigenvalue weighted by molar-refractivity contribution is 7.57. The van der Waals surface area contributed by atoms with Crippen LogP contribution >= 0.6 is 19.0 Å². The Labute approximate surface area is 185 Å². The summed E-state index contributed by atoms with van der Waals surface area (Å²) in [5, 5.41) is 9.49. The number of carboxylic acid groups (broad SMARTS) is 1. The fourth-order valence-corrected chi connectivity index (χ4v) is 5.37. The lowest BCUT2D eigenvalue weighted by atomic mass is 10.0. The van der Waals surface area contributed by atoms with Gasteiger partial charge in [-0.1, -0.05) is 23.7 Å². The number of hydrogen-bond donors (Lipinski definition) is 3. The Balaban J connectivity index is 1.81. The topological polar surface area (TPSA) is 126 Å². The van der Waals surface area contributed by atoms with Crippen LogP contribution in [0, 0.1) is 5.92 Å². The number of carboxylic acids is 1. The minimum atomic E-state index is -4.66. The van der Waals surface area contributed by atoms with Crippen molar-refractivity contribution in [3.05, 3.63) is 64.4 Å². The molecule has 2 heterocycles. The number of rotatable bonds is 7. The van der Waals surface area contributed by atoms with Crippen LogP contribution in [0.4, 0.5) is 19.0 Å². The van der Waals surface area contributed by atoms with Crippen molar-refractivity contribution in [1.29, 1.82) is 0 Å². The van der Waals surface area contributed by atoms with Crippen LogP contribution < -0.4 is 5.73 Å². The Hall–Kier alpha value is -2.68. The average Bonchev–Trinajstić information content (AvgIpc) is 2.68. The minimum Gasteiger partial charge on any atom is -0.481 e. The number of nitrogen functional groups attached to an aromatic ring is 1. The zero-order valence-electron chi connectivity index (χ0n) is 16.4. The van der Waals surface area contributed by atoms with Gasteiger partial charge in [-0.3, -0.25) is 9.36 Å². The fraction of sp³-hybridized carbons (Fsp3) is 0.250. The summed E-state index contributed by atoms with van der Waals surface area (Å²) in [5.41, 5.74) is 5.22. The summed E-state index contributed by atoms with van der Waals surface area (Å²) < 4.78 is 51.5. The third-order valence-corrected chi connectivity index (χ3v) is 6.91. The van der Waals surface area contributed by atoms with Crippen LogP contribution in [0.25, 0.3) is 10.9 Å². The molecule has 0 aliphatic rings. The lowest BCUT2D eigenvalue weighted by Crippen LogP contribution is -2.21. The summed E-state index contributed by atoms with van der Waals surface area (Å²) in [6.45, 7) is 0. The van der Waals surface area contributed by atoms with E-state index in [-0.39, 0.29) is 34.3 Å². The van der Waals surface area contributed by atoms with Crippen molar-refractivity contribution in [3.8, 4) is 0 Å². The number of anilines is 1. The zero-order chi connectivity index (χ0) is 23.7. The standard InChI is InChI=1S/C20H18ClF3N3O4P/c21-15-7-17(20(22,23)24)27-16-3-1-12(6-14(15)16)9-32(30,31)10-13(19(28)29)5-11-2-4-18(25)26-8-11/h1-4,6-8,13H,5,9-10H2,(H2,25,26)(H,28,29)(H,30,31). The third-order valence-electron chi connectivity index (χ3n) is 4.73. The molecule has 0 amide bonds. The number of aromatic nitrogens is 2. The number of halogens is 4. The van der Waals surface area contributed by atoms with Gasteiger partial charge in [0.05, 0.1) is 16.5 Å². The molecule has 3 aromatic rings. The number of hydrogen-bond acceptors (Lipinski definition) is 5. The van der Waals surface area contributed by atoms with E-state index in [0.717, 1.165) is 0 Å². The lowest BCUT2D eigenvalue weighted by molar-refractivity contribution is -0.141. The van der Waals surface area contributed by atoms with Gasteiger partial charge in [-0.15, -0.1) is 0 Å². The molecule has 2 atom stereocenters. The number of pyridine rings is 2. The molecule has 3 rings (SSSR count). The first-order chi connectivity index (χ1) is 14.8. The van der Waals surface area contributed by atoms with E-state index in [1.165, 1.54) is 30.5 Å². The number of alkyl halides is 3. The molecule has 7 nitrogen and oxygen atoms in total. The van der Waals surface area contributed by atoms with Crippen LogP contribution in [0.5, 0.6) is 0 Å². The molecule has 0 fully saturated rings. The molecule has 0 bridgehead atoms. The van der Waals surface area contributed by atoms with Gasteiger partial charge in [-0.2, -0.15) is 13.2 Å². The number of aliphatic carboxylic acids is 1. The Morgan fingerprint density at radius 1 is 1.19 bits per heavy atom. The highest BCUT2D eigenvalue weighted by Crippen LogP contribution is 2.47. The molecule has 0 aliphatic heterocycles. The van der Waals surface area contributed by atoms with Crippen molar-refractivity contribution >= 4 is 41.7 Å². The highest BCUT2D eigenvalue weighted by Gasteiger charge is 2.33. The van der Waals surface area contributed by atoms with E-state index in [2.05, 4.69) is 9.97 Å². The van der Waals surface area contributed by atoms with Crippen LogP contribution in [0.2, 0.25) is 5.02 Å². The van der Waals surface area contributed by atoms with E-state index in [1.807, 2.05) is 0 Å². The molecule has 0 saturated heterocycles. The molecule has 1 aromatic carbocycles. The second-order valence-corrected chi connectivity index (χ2v) is 10.1. The summed E-state index contributed by atoms with van der Waals surface area (Å²) in [6, 6.07) is 7.81. The van der Waals surface area contributed by atoms with Crippen molar-refractivity contribution in [2.45, 2.75) is 18.8 Å². The number of benzene rings is 1. The minimum absolute atomic E-state index is 0.0130. The van der Waals surface area contributed by atoms with Crippen LogP contribution in [-0.4, -0.2) is 32.1 Å². The van der Waals surface area contributed by atoms with Crippen molar-refractivity contribution in [2.24, 2.45) is 5.92 Å². The van der Waals surface area contributed by atoms with E-state index >= 15 is 0 Å². The maximum absolute atomic E-state index is 12.9. The fourth-order valence-electron chi connectivity index (χ4n) is 3.24. The van der Waals surface area contributed by atoms with Gasteiger partial charge in [0.1, 0.15) is 11.5 Å². The molecule has 12 heteroatoms. The molecule has 0 aliphatic carbocycles. The van der Waals surface area contributed by atoms with E-state index in [1.54, 1.807) is 6.07 Å². The SMILES string of the molecule is Nc1ccc(CC(CP(=O)(O)Cc2ccc3nc(C(F)(F)F)cc(Cl)c3c2)C(=O)O)cn1. The maximum Gasteiger partial charge on any atom is 0.433 e. The Morgan fingerprint density at radius 3 is 2.47 bits per heavy atom.